The molecule has 1 aromatic carbocycles. The molecule has 0 bridgehead atoms. The fourth-order valence-corrected chi connectivity index (χ4v) is 3.83. The van der Waals surface area contributed by atoms with Crippen molar-refractivity contribution >= 4 is 15.9 Å². The van der Waals surface area contributed by atoms with Crippen molar-refractivity contribution < 1.29 is 9.47 Å². The molecule has 1 heterocycles. The highest BCUT2D eigenvalue weighted by Crippen LogP contribution is 2.38. The van der Waals surface area contributed by atoms with Gasteiger partial charge in [0, 0.05) is 13.0 Å². The fourth-order valence-electron chi connectivity index (χ4n) is 3.22. The molecule has 0 amide bonds. The smallest absolute Gasteiger partial charge is 0.175 e. The van der Waals surface area contributed by atoms with E-state index in [4.69, 9.17) is 9.47 Å². The van der Waals surface area contributed by atoms with E-state index in [0.717, 1.165) is 54.6 Å². The zero-order chi connectivity index (χ0) is 14.5. The first-order valence-corrected chi connectivity index (χ1v) is 8.91. The zero-order valence-electron chi connectivity index (χ0n) is 12.5. The van der Waals surface area contributed by atoms with Crippen LogP contribution in [0.3, 0.4) is 0 Å². The van der Waals surface area contributed by atoms with Gasteiger partial charge in [-0.3, -0.25) is 0 Å². The maximum absolute atomic E-state index is 5.77. The minimum atomic E-state index is 0.727. The Hall–Kier alpha value is -0.740. The lowest BCUT2D eigenvalue weighted by molar-refractivity contribution is 0.296. The molecule has 21 heavy (non-hydrogen) atoms. The monoisotopic (exact) mass is 353 g/mol. The standard InChI is InChI=1S/C17H24BrNO2/c18-15-10-14(11-16-17(15)21-9-3-8-20-16)12-19-7-6-13-4-1-2-5-13/h10-11,13,19H,1-9,12H2. The minimum absolute atomic E-state index is 0.727. The van der Waals surface area contributed by atoms with E-state index in [1.54, 1.807) is 0 Å². The molecule has 1 aliphatic carbocycles. The van der Waals surface area contributed by atoms with E-state index in [1.807, 2.05) is 0 Å². The van der Waals surface area contributed by atoms with Crippen molar-refractivity contribution in [3.63, 3.8) is 0 Å². The van der Waals surface area contributed by atoms with Crippen molar-refractivity contribution in [3.8, 4) is 11.5 Å². The summed E-state index contributed by atoms with van der Waals surface area (Å²) in [5.41, 5.74) is 1.25. The number of hydrogen-bond acceptors (Lipinski definition) is 3. The van der Waals surface area contributed by atoms with Crippen molar-refractivity contribution in [2.45, 2.75) is 45.1 Å². The van der Waals surface area contributed by atoms with Gasteiger partial charge in [-0.15, -0.1) is 0 Å². The molecule has 0 aromatic heterocycles. The first-order chi connectivity index (χ1) is 10.3. The van der Waals surface area contributed by atoms with Crippen LogP contribution in [0.15, 0.2) is 16.6 Å². The van der Waals surface area contributed by atoms with E-state index in [2.05, 4.69) is 33.4 Å². The summed E-state index contributed by atoms with van der Waals surface area (Å²) in [4.78, 5) is 0. The van der Waals surface area contributed by atoms with Gasteiger partial charge in [0.05, 0.1) is 17.7 Å². The largest absolute Gasteiger partial charge is 0.490 e. The molecule has 116 valence electrons. The summed E-state index contributed by atoms with van der Waals surface area (Å²) >= 11 is 3.60. The second-order valence-corrected chi connectivity index (χ2v) is 6.93. The van der Waals surface area contributed by atoms with Gasteiger partial charge in [-0.05, 0) is 52.5 Å². The molecule has 1 N–H and O–H groups in total. The first kappa shape index (κ1) is 15.2. The van der Waals surface area contributed by atoms with E-state index in [0.29, 0.717) is 0 Å². The lowest BCUT2D eigenvalue weighted by atomic mass is 10.0. The SMILES string of the molecule is Brc1cc(CNCCC2CCCC2)cc2c1OCCCO2. The number of benzene rings is 1. The average Bonchev–Trinajstić information content (AvgIpc) is 2.87. The van der Waals surface area contributed by atoms with Crippen LogP contribution in [-0.4, -0.2) is 19.8 Å². The number of hydrogen-bond donors (Lipinski definition) is 1. The number of nitrogens with one attached hydrogen (secondary N) is 1. The van der Waals surface area contributed by atoms with Gasteiger partial charge in [0.15, 0.2) is 11.5 Å². The Labute approximate surface area is 135 Å². The highest BCUT2D eigenvalue weighted by molar-refractivity contribution is 9.10. The molecule has 3 rings (SSSR count). The Kier molecular flexibility index (Phi) is 5.42. The van der Waals surface area contributed by atoms with Crippen LogP contribution >= 0.6 is 15.9 Å². The Balaban J connectivity index is 1.53. The van der Waals surface area contributed by atoms with Gasteiger partial charge in [0.2, 0.25) is 0 Å². The fraction of sp³-hybridized carbons (Fsp3) is 0.647. The van der Waals surface area contributed by atoms with E-state index < -0.39 is 0 Å². The van der Waals surface area contributed by atoms with Crippen LogP contribution in [-0.2, 0) is 6.54 Å². The van der Waals surface area contributed by atoms with Crippen molar-refractivity contribution in [2.24, 2.45) is 5.92 Å². The van der Waals surface area contributed by atoms with Gasteiger partial charge in [0.25, 0.3) is 0 Å². The molecule has 1 fully saturated rings. The number of halogens is 1. The van der Waals surface area contributed by atoms with Gasteiger partial charge in [-0.2, -0.15) is 0 Å². The molecule has 0 unspecified atom stereocenters. The highest BCUT2D eigenvalue weighted by Gasteiger charge is 2.16. The van der Waals surface area contributed by atoms with E-state index in [-0.39, 0.29) is 0 Å². The van der Waals surface area contributed by atoms with Gasteiger partial charge >= 0.3 is 0 Å². The van der Waals surface area contributed by atoms with Crippen LogP contribution in [0.4, 0.5) is 0 Å². The molecular formula is C17H24BrNO2. The van der Waals surface area contributed by atoms with Crippen LogP contribution in [0, 0.1) is 5.92 Å². The van der Waals surface area contributed by atoms with Gasteiger partial charge in [0.1, 0.15) is 0 Å². The number of fused-ring (bicyclic) bond motifs is 1. The third kappa shape index (κ3) is 4.13. The zero-order valence-corrected chi connectivity index (χ0v) is 14.1. The molecule has 4 heteroatoms. The molecule has 0 atom stereocenters. The van der Waals surface area contributed by atoms with E-state index in [9.17, 15) is 0 Å². The molecular weight excluding hydrogens is 330 g/mol. The Morgan fingerprint density at radius 2 is 1.90 bits per heavy atom. The summed E-state index contributed by atoms with van der Waals surface area (Å²) in [6.45, 7) is 3.46. The minimum Gasteiger partial charge on any atom is -0.490 e. The van der Waals surface area contributed by atoms with Crippen LogP contribution < -0.4 is 14.8 Å². The number of ether oxygens (including phenoxy) is 2. The van der Waals surface area contributed by atoms with Crippen LogP contribution in [0.25, 0.3) is 0 Å². The second-order valence-electron chi connectivity index (χ2n) is 6.07. The van der Waals surface area contributed by atoms with Crippen molar-refractivity contribution in [2.75, 3.05) is 19.8 Å². The summed E-state index contributed by atoms with van der Waals surface area (Å²) in [6.07, 6.45) is 7.97. The maximum atomic E-state index is 5.77. The summed E-state index contributed by atoms with van der Waals surface area (Å²) in [7, 11) is 0. The molecule has 3 nitrogen and oxygen atoms in total. The third-order valence-corrected chi connectivity index (χ3v) is 4.98. The quantitative estimate of drug-likeness (QED) is 0.801. The van der Waals surface area contributed by atoms with Gasteiger partial charge in [-0.1, -0.05) is 25.7 Å². The Morgan fingerprint density at radius 1 is 1.10 bits per heavy atom. The molecule has 0 radical (unpaired) electrons. The molecule has 0 spiro atoms. The van der Waals surface area contributed by atoms with Crippen molar-refractivity contribution in [1.29, 1.82) is 0 Å². The van der Waals surface area contributed by atoms with Crippen molar-refractivity contribution in [3.05, 3.63) is 22.2 Å². The second kappa shape index (κ2) is 7.50. The van der Waals surface area contributed by atoms with Gasteiger partial charge in [-0.25, -0.2) is 0 Å². The van der Waals surface area contributed by atoms with Crippen LogP contribution in [0.5, 0.6) is 11.5 Å². The molecule has 1 saturated carbocycles. The average molecular weight is 354 g/mol. The summed E-state index contributed by atoms with van der Waals surface area (Å²) < 4.78 is 12.5. The maximum Gasteiger partial charge on any atom is 0.175 e. The number of rotatable bonds is 5. The van der Waals surface area contributed by atoms with Crippen LogP contribution in [0.1, 0.15) is 44.1 Å². The topological polar surface area (TPSA) is 30.5 Å². The highest BCUT2D eigenvalue weighted by atomic mass is 79.9. The summed E-state index contributed by atoms with van der Waals surface area (Å²) in [5.74, 6) is 2.67. The Morgan fingerprint density at radius 3 is 2.76 bits per heavy atom. The van der Waals surface area contributed by atoms with Crippen LogP contribution in [0.2, 0.25) is 0 Å². The van der Waals surface area contributed by atoms with Crippen molar-refractivity contribution in [1.82, 2.24) is 5.32 Å². The lowest BCUT2D eigenvalue weighted by Gasteiger charge is -2.13. The Bertz CT molecular complexity index is 472. The first-order valence-electron chi connectivity index (χ1n) is 8.11. The molecule has 1 aliphatic heterocycles. The van der Waals surface area contributed by atoms with E-state index in [1.165, 1.54) is 37.7 Å². The predicted octanol–water partition coefficient (Wildman–Crippen LogP) is 4.28. The predicted molar refractivity (Wildman–Crippen MR) is 88.0 cm³/mol. The molecule has 1 aromatic rings. The summed E-state index contributed by atoms with van der Waals surface area (Å²) in [6, 6.07) is 4.24. The lowest BCUT2D eigenvalue weighted by Crippen LogP contribution is -2.17. The summed E-state index contributed by atoms with van der Waals surface area (Å²) in [5, 5.41) is 3.56. The van der Waals surface area contributed by atoms with Gasteiger partial charge < -0.3 is 14.8 Å². The molecule has 2 aliphatic rings. The normalized spacial score (nSPS) is 18.7. The third-order valence-electron chi connectivity index (χ3n) is 4.40. The van der Waals surface area contributed by atoms with E-state index >= 15 is 0 Å². The molecule has 0 saturated heterocycles.